The molecule has 0 radical (unpaired) electrons. The first kappa shape index (κ1) is 12.4. The SMILES string of the molecule is c1ccc(CCN2CCC[C@@H]2Cn2cccn2)nc1. The maximum Gasteiger partial charge on any atom is 0.0564 e. The molecule has 2 aromatic heterocycles. The van der Waals surface area contributed by atoms with E-state index >= 15 is 0 Å². The third-order valence-electron chi connectivity index (χ3n) is 3.84. The summed E-state index contributed by atoms with van der Waals surface area (Å²) in [7, 11) is 0. The molecule has 1 aliphatic rings. The Kier molecular flexibility index (Phi) is 3.89. The zero-order valence-electron chi connectivity index (χ0n) is 11.2. The molecule has 0 aliphatic carbocycles. The van der Waals surface area contributed by atoms with E-state index in [1.807, 2.05) is 29.2 Å². The standard InChI is InChI=1S/C15H20N4/c1-2-8-16-14(5-1)7-12-18-10-3-6-15(18)13-19-11-4-9-17-19/h1-2,4-5,8-9,11,15H,3,6-7,10,12-13H2/t15-/m1/s1. The van der Waals surface area contributed by atoms with E-state index in [4.69, 9.17) is 0 Å². The molecule has 4 nitrogen and oxygen atoms in total. The van der Waals surface area contributed by atoms with E-state index in [0.717, 1.165) is 19.5 Å². The van der Waals surface area contributed by atoms with E-state index < -0.39 is 0 Å². The van der Waals surface area contributed by atoms with E-state index in [0.29, 0.717) is 6.04 Å². The minimum absolute atomic E-state index is 0.628. The zero-order valence-corrected chi connectivity index (χ0v) is 11.2. The lowest BCUT2D eigenvalue weighted by Crippen LogP contribution is -2.34. The Hall–Kier alpha value is -1.68. The van der Waals surface area contributed by atoms with Crippen LogP contribution in [0.4, 0.5) is 0 Å². The largest absolute Gasteiger partial charge is 0.298 e. The van der Waals surface area contributed by atoms with Crippen molar-refractivity contribution in [2.45, 2.75) is 31.8 Å². The van der Waals surface area contributed by atoms with Gasteiger partial charge in [-0.1, -0.05) is 6.07 Å². The molecule has 100 valence electrons. The molecular weight excluding hydrogens is 236 g/mol. The lowest BCUT2D eigenvalue weighted by Gasteiger charge is -2.24. The van der Waals surface area contributed by atoms with Crippen LogP contribution in [0.1, 0.15) is 18.5 Å². The van der Waals surface area contributed by atoms with Crippen LogP contribution in [0.5, 0.6) is 0 Å². The Morgan fingerprint density at radius 3 is 3.00 bits per heavy atom. The number of likely N-dealkylation sites (tertiary alicyclic amines) is 1. The first-order valence-electron chi connectivity index (χ1n) is 7.03. The Morgan fingerprint density at radius 2 is 2.21 bits per heavy atom. The van der Waals surface area contributed by atoms with Crippen molar-refractivity contribution in [3.63, 3.8) is 0 Å². The molecule has 0 amide bonds. The number of pyridine rings is 1. The van der Waals surface area contributed by atoms with Crippen LogP contribution >= 0.6 is 0 Å². The summed E-state index contributed by atoms with van der Waals surface area (Å²) in [5, 5.41) is 4.31. The Labute approximate surface area is 114 Å². The minimum atomic E-state index is 0.628. The highest BCUT2D eigenvalue weighted by atomic mass is 15.3. The van der Waals surface area contributed by atoms with Crippen LogP contribution in [0.15, 0.2) is 42.9 Å². The van der Waals surface area contributed by atoms with Gasteiger partial charge in [0.25, 0.3) is 0 Å². The van der Waals surface area contributed by atoms with Crippen LogP contribution in [-0.2, 0) is 13.0 Å². The second-order valence-electron chi connectivity index (χ2n) is 5.13. The third kappa shape index (κ3) is 3.20. The average molecular weight is 256 g/mol. The third-order valence-corrected chi connectivity index (χ3v) is 3.84. The van der Waals surface area contributed by atoms with Crippen molar-refractivity contribution in [3.8, 4) is 0 Å². The van der Waals surface area contributed by atoms with Gasteiger partial charge in [-0.3, -0.25) is 14.6 Å². The summed E-state index contributed by atoms with van der Waals surface area (Å²) < 4.78 is 2.05. The predicted octanol–water partition coefficient (Wildman–Crippen LogP) is 1.99. The van der Waals surface area contributed by atoms with Gasteiger partial charge in [0.15, 0.2) is 0 Å². The quantitative estimate of drug-likeness (QED) is 0.820. The normalized spacial score (nSPS) is 19.9. The van der Waals surface area contributed by atoms with Crippen molar-refractivity contribution in [2.24, 2.45) is 0 Å². The van der Waals surface area contributed by atoms with Crippen molar-refractivity contribution >= 4 is 0 Å². The summed E-state index contributed by atoms with van der Waals surface area (Å²) in [5.74, 6) is 0. The molecule has 0 unspecified atom stereocenters. The molecule has 1 aliphatic heterocycles. The van der Waals surface area contributed by atoms with Crippen LogP contribution in [0.25, 0.3) is 0 Å². The van der Waals surface area contributed by atoms with E-state index in [1.165, 1.54) is 25.1 Å². The van der Waals surface area contributed by atoms with Gasteiger partial charge in [-0.25, -0.2) is 0 Å². The molecule has 0 spiro atoms. The molecule has 4 heteroatoms. The second-order valence-corrected chi connectivity index (χ2v) is 5.13. The molecule has 3 rings (SSSR count). The minimum Gasteiger partial charge on any atom is -0.298 e. The fraction of sp³-hybridized carbons (Fsp3) is 0.467. The van der Waals surface area contributed by atoms with Crippen LogP contribution < -0.4 is 0 Å². The van der Waals surface area contributed by atoms with Crippen LogP contribution in [0, 0.1) is 0 Å². The van der Waals surface area contributed by atoms with E-state index in [2.05, 4.69) is 33.3 Å². The van der Waals surface area contributed by atoms with Gasteiger partial charge < -0.3 is 0 Å². The Bertz CT molecular complexity index is 480. The fourth-order valence-corrected chi connectivity index (χ4v) is 2.82. The van der Waals surface area contributed by atoms with E-state index in [1.54, 1.807) is 0 Å². The zero-order chi connectivity index (χ0) is 12.9. The van der Waals surface area contributed by atoms with Crippen LogP contribution in [-0.4, -0.2) is 38.8 Å². The first-order valence-corrected chi connectivity index (χ1v) is 7.03. The molecule has 3 heterocycles. The maximum absolute atomic E-state index is 4.40. The van der Waals surface area contributed by atoms with Gasteiger partial charge in [-0.15, -0.1) is 0 Å². The fourth-order valence-electron chi connectivity index (χ4n) is 2.82. The van der Waals surface area contributed by atoms with E-state index in [-0.39, 0.29) is 0 Å². The van der Waals surface area contributed by atoms with Crippen molar-refractivity contribution in [1.82, 2.24) is 19.7 Å². The van der Waals surface area contributed by atoms with Gasteiger partial charge >= 0.3 is 0 Å². The number of aromatic nitrogens is 3. The number of nitrogens with zero attached hydrogens (tertiary/aromatic N) is 4. The van der Waals surface area contributed by atoms with Crippen molar-refractivity contribution < 1.29 is 0 Å². The summed E-state index contributed by atoms with van der Waals surface area (Å²) >= 11 is 0. The van der Waals surface area contributed by atoms with Gasteiger partial charge in [0, 0.05) is 43.3 Å². The molecule has 0 N–H and O–H groups in total. The van der Waals surface area contributed by atoms with Gasteiger partial charge in [0.2, 0.25) is 0 Å². The number of hydrogen-bond donors (Lipinski definition) is 0. The number of hydrogen-bond acceptors (Lipinski definition) is 3. The molecular formula is C15H20N4. The Morgan fingerprint density at radius 1 is 1.21 bits per heavy atom. The highest BCUT2D eigenvalue weighted by molar-refractivity contribution is 5.04. The highest BCUT2D eigenvalue weighted by Crippen LogP contribution is 2.18. The summed E-state index contributed by atoms with van der Waals surface area (Å²) in [6.07, 6.45) is 9.40. The highest BCUT2D eigenvalue weighted by Gasteiger charge is 2.24. The lowest BCUT2D eigenvalue weighted by molar-refractivity contribution is 0.229. The molecule has 0 bridgehead atoms. The Balaban J connectivity index is 1.55. The van der Waals surface area contributed by atoms with Gasteiger partial charge in [-0.2, -0.15) is 5.10 Å². The maximum atomic E-state index is 4.40. The summed E-state index contributed by atoms with van der Waals surface area (Å²) in [6, 6.07) is 8.77. The van der Waals surface area contributed by atoms with Crippen molar-refractivity contribution in [1.29, 1.82) is 0 Å². The smallest absolute Gasteiger partial charge is 0.0564 e. The summed E-state index contributed by atoms with van der Waals surface area (Å²) in [6.45, 7) is 3.32. The number of rotatable bonds is 5. The molecule has 1 fully saturated rings. The lowest BCUT2D eigenvalue weighted by atomic mass is 10.2. The average Bonchev–Trinajstić information content (AvgIpc) is 3.10. The molecule has 2 aromatic rings. The van der Waals surface area contributed by atoms with Crippen LogP contribution in [0.2, 0.25) is 0 Å². The van der Waals surface area contributed by atoms with Crippen LogP contribution in [0.3, 0.4) is 0 Å². The topological polar surface area (TPSA) is 34.0 Å². The van der Waals surface area contributed by atoms with Gasteiger partial charge in [-0.05, 0) is 37.6 Å². The van der Waals surface area contributed by atoms with Crippen molar-refractivity contribution in [3.05, 3.63) is 48.5 Å². The second kappa shape index (κ2) is 5.97. The molecule has 0 saturated carbocycles. The monoisotopic (exact) mass is 256 g/mol. The summed E-state index contributed by atoms with van der Waals surface area (Å²) in [4.78, 5) is 6.98. The molecule has 0 aromatic carbocycles. The first-order chi connectivity index (χ1) is 9.42. The van der Waals surface area contributed by atoms with E-state index in [9.17, 15) is 0 Å². The summed E-state index contributed by atoms with van der Waals surface area (Å²) in [5.41, 5.74) is 1.19. The predicted molar refractivity (Wildman–Crippen MR) is 74.8 cm³/mol. The molecule has 1 atom stereocenters. The van der Waals surface area contributed by atoms with Crippen molar-refractivity contribution in [2.75, 3.05) is 13.1 Å². The van der Waals surface area contributed by atoms with Gasteiger partial charge in [0.1, 0.15) is 0 Å². The van der Waals surface area contributed by atoms with Gasteiger partial charge in [0.05, 0.1) is 6.54 Å². The molecule has 1 saturated heterocycles. The molecule has 19 heavy (non-hydrogen) atoms.